The van der Waals surface area contributed by atoms with E-state index in [-0.39, 0.29) is 18.2 Å². The molecule has 0 saturated carbocycles. The van der Waals surface area contributed by atoms with Gasteiger partial charge >= 0.3 is 12.0 Å². The van der Waals surface area contributed by atoms with Crippen LogP contribution in [0.1, 0.15) is 42.1 Å². The van der Waals surface area contributed by atoms with Crippen molar-refractivity contribution < 1.29 is 24.3 Å². The number of carboxylic acid groups (broad SMARTS) is 1. The summed E-state index contributed by atoms with van der Waals surface area (Å²) in [7, 11) is 0. The number of aliphatic carboxylic acids is 1. The van der Waals surface area contributed by atoms with Crippen molar-refractivity contribution in [3.05, 3.63) is 35.4 Å². The molecule has 8 heteroatoms. The van der Waals surface area contributed by atoms with Crippen LogP contribution in [0.3, 0.4) is 0 Å². The first-order valence-electron chi connectivity index (χ1n) is 8.55. The number of imide groups is 1. The molecule has 26 heavy (non-hydrogen) atoms. The fraction of sp³-hybridized carbons (Fsp3) is 0.444. The van der Waals surface area contributed by atoms with Gasteiger partial charge in [0, 0.05) is 25.1 Å². The zero-order valence-corrected chi connectivity index (χ0v) is 14.4. The minimum atomic E-state index is -1.21. The first-order valence-corrected chi connectivity index (χ1v) is 8.55. The van der Waals surface area contributed by atoms with Gasteiger partial charge in [-0.1, -0.05) is 12.1 Å². The second-order valence-electron chi connectivity index (χ2n) is 6.95. The number of nitrogens with zero attached hydrogens (tertiary/aromatic N) is 1. The minimum absolute atomic E-state index is 0.0965. The van der Waals surface area contributed by atoms with Crippen molar-refractivity contribution in [3.63, 3.8) is 0 Å². The highest BCUT2D eigenvalue weighted by atomic mass is 16.4. The van der Waals surface area contributed by atoms with Crippen LogP contribution in [-0.4, -0.2) is 46.9 Å². The molecule has 2 saturated heterocycles. The monoisotopic (exact) mass is 359 g/mol. The third-order valence-corrected chi connectivity index (χ3v) is 5.10. The Hall–Kier alpha value is -2.90. The molecule has 1 aromatic rings. The maximum atomic E-state index is 12.8. The summed E-state index contributed by atoms with van der Waals surface area (Å²) in [6.45, 7) is 2.61. The summed E-state index contributed by atoms with van der Waals surface area (Å²) in [6.07, 6.45) is 1.45. The van der Waals surface area contributed by atoms with Crippen LogP contribution in [0.25, 0.3) is 0 Å². The number of nitrogens with one attached hydrogen (secondary N) is 2. The third kappa shape index (κ3) is 3.40. The number of urea groups is 1. The van der Waals surface area contributed by atoms with Gasteiger partial charge < -0.3 is 15.3 Å². The number of hydrogen-bond donors (Lipinski definition) is 3. The molecule has 0 aliphatic carbocycles. The Bertz CT molecular complexity index is 770. The van der Waals surface area contributed by atoms with E-state index in [9.17, 15) is 19.2 Å². The summed E-state index contributed by atoms with van der Waals surface area (Å²) in [5, 5.41) is 13.7. The number of amides is 4. The van der Waals surface area contributed by atoms with Crippen LogP contribution in [-0.2, 0) is 15.1 Å². The number of rotatable bonds is 4. The first-order chi connectivity index (χ1) is 12.3. The van der Waals surface area contributed by atoms with Crippen molar-refractivity contribution in [3.8, 4) is 0 Å². The van der Waals surface area contributed by atoms with Crippen molar-refractivity contribution in [2.75, 3.05) is 13.1 Å². The predicted octanol–water partition coefficient (Wildman–Crippen LogP) is 1.07. The third-order valence-electron chi connectivity index (χ3n) is 5.10. The van der Waals surface area contributed by atoms with Crippen LogP contribution in [0, 0.1) is 5.92 Å². The zero-order valence-electron chi connectivity index (χ0n) is 14.4. The van der Waals surface area contributed by atoms with Gasteiger partial charge in [-0.15, -0.1) is 0 Å². The average molecular weight is 359 g/mol. The molecule has 1 atom stereocenters. The molecule has 8 nitrogen and oxygen atoms in total. The van der Waals surface area contributed by atoms with E-state index in [1.165, 1.54) is 0 Å². The van der Waals surface area contributed by atoms with E-state index in [0.717, 1.165) is 0 Å². The topological polar surface area (TPSA) is 116 Å². The van der Waals surface area contributed by atoms with E-state index < -0.39 is 23.4 Å². The second-order valence-corrected chi connectivity index (χ2v) is 6.95. The van der Waals surface area contributed by atoms with E-state index in [4.69, 9.17) is 5.11 Å². The number of carbonyl (C=O) groups excluding carboxylic acids is 3. The van der Waals surface area contributed by atoms with Gasteiger partial charge in [0.25, 0.3) is 11.8 Å². The molecular weight excluding hydrogens is 338 g/mol. The van der Waals surface area contributed by atoms with Crippen molar-refractivity contribution in [1.82, 2.24) is 15.5 Å². The normalized spacial score (nSPS) is 23.5. The summed E-state index contributed by atoms with van der Waals surface area (Å²) < 4.78 is 0. The van der Waals surface area contributed by atoms with Crippen molar-refractivity contribution >= 4 is 23.8 Å². The Balaban J connectivity index is 1.73. The van der Waals surface area contributed by atoms with Crippen LogP contribution in [0.5, 0.6) is 0 Å². The molecule has 1 aromatic carbocycles. The Kier molecular flexibility index (Phi) is 4.67. The van der Waals surface area contributed by atoms with Crippen molar-refractivity contribution in [2.45, 2.75) is 31.7 Å². The lowest BCUT2D eigenvalue weighted by Crippen LogP contribution is -2.41. The maximum absolute atomic E-state index is 12.8. The van der Waals surface area contributed by atoms with Gasteiger partial charge in [-0.05, 0) is 43.4 Å². The molecule has 2 fully saturated rings. The first kappa shape index (κ1) is 17.9. The standard InChI is InChI=1S/C18H21N3O5/c1-18(16(25)19-17(26)20-18)13-4-2-3-12(10-13)15(24)21-7-5-11(6-8-21)9-14(22)23/h2-4,10-11H,5-9H2,1H3,(H,22,23)(H2,19,20,25,26). The van der Waals surface area contributed by atoms with Gasteiger partial charge in [-0.3, -0.25) is 19.7 Å². The number of likely N-dealkylation sites (tertiary alicyclic amines) is 1. The lowest BCUT2D eigenvalue weighted by atomic mass is 9.90. The summed E-state index contributed by atoms with van der Waals surface area (Å²) in [5.41, 5.74) is -0.233. The highest BCUT2D eigenvalue weighted by Gasteiger charge is 2.43. The Morgan fingerprint density at radius 1 is 1.27 bits per heavy atom. The van der Waals surface area contributed by atoms with Gasteiger partial charge in [0.15, 0.2) is 0 Å². The zero-order chi connectivity index (χ0) is 18.9. The predicted molar refractivity (Wildman–Crippen MR) is 91.3 cm³/mol. The van der Waals surface area contributed by atoms with E-state index in [1.807, 2.05) is 0 Å². The Morgan fingerprint density at radius 3 is 2.54 bits per heavy atom. The van der Waals surface area contributed by atoms with Crippen LogP contribution >= 0.6 is 0 Å². The van der Waals surface area contributed by atoms with E-state index >= 15 is 0 Å². The smallest absolute Gasteiger partial charge is 0.322 e. The summed E-state index contributed by atoms with van der Waals surface area (Å²) in [6, 6.07) is 6.11. The molecule has 0 radical (unpaired) electrons. The fourth-order valence-electron chi connectivity index (χ4n) is 3.48. The van der Waals surface area contributed by atoms with Gasteiger partial charge in [0.05, 0.1) is 0 Å². The number of piperidine rings is 1. The molecule has 138 valence electrons. The highest BCUT2D eigenvalue weighted by Crippen LogP contribution is 2.26. The van der Waals surface area contributed by atoms with Crippen LogP contribution in [0.4, 0.5) is 4.79 Å². The molecule has 1 unspecified atom stereocenters. The van der Waals surface area contributed by atoms with E-state index in [0.29, 0.717) is 37.1 Å². The molecule has 2 aliphatic heterocycles. The van der Waals surface area contributed by atoms with Crippen LogP contribution in [0.2, 0.25) is 0 Å². The molecule has 3 rings (SSSR count). The molecule has 2 heterocycles. The highest BCUT2D eigenvalue weighted by molar-refractivity contribution is 6.07. The summed E-state index contributed by atoms with van der Waals surface area (Å²) in [4.78, 5) is 48.8. The molecule has 3 N–H and O–H groups in total. The molecule has 2 aliphatic rings. The Labute approximate surface area is 150 Å². The average Bonchev–Trinajstić information content (AvgIpc) is 2.87. The summed E-state index contributed by atoms with van der Waals surface area (Å²) in [5.74, 6) is -1.33. The number of carbonyl (C=O) groups is 4. The molecule has 0 aromatic heterocycles. The number of hydrogen-bond acceptors (Lipinski definition) is 4. The van der Waals surface area contributed by atoms with Crippen molar-refractivity contribution in [2.24, 2.45) is 5.92 Å². The van der Waals surface area contributed by atoms with Gasteiger partial charge in [0.1, 0.15) is 5.54 Å². The van der Waals surface area contributed by atoms with Crippen LogP contribution < -0.4 is 10.6 Å². The van der Waals surface area contributed by atoms with Gasteiger partial charge in [0.2, 0.25) is 0 Å². The lowest BCUT2D eigenvalue weighted by Gasteiger charge is -2.31. The lowest BCUT2D eigenvalue weighted by molar-refractivity contribution is -0.138. The SMILES string of the molecule is CC1(c2cccc(C(=O)N3CCC(CC(=O)O)CC3)c2)NC(=O)NC1=O. The molecular formula is C18H21N3O5. The summed E-state index contributed by atoms with van der Waals surface area (Å²) >= 11 is 0. The Morgan fingerprint density at radius 2 is 1.96 bits per heavy atom. The molecule has 4 amide bonds. The minimum Gasteiger partial charge on any atom is -0.481 e. The molecule has 0 bridgehead atoms. The number of carboxylic acids is 1. The van der Waals surface area contributed by atoms with Crippen LogP contribution in [0.15, 0.2) is 24.3 Å². The van der Waals surface area contributed by atoms with Gasteiger partial charge in [-0.25, -0.2) is 4.79 Å². The number of benzene rings is 1. The molecule has 0 spiro atoms. The second kappa shape index (κ2) is 6.78. The maximum Gasteiger partial charge on any atom is 0.322 e. The van der Waals surface area contributed by atoms with E-state index in [2.05, 4.69) is 10.6 Å². The van der Waals surface area contributed by atoms with Crippen molar-refractivity contribution in [1.29, 1.82) is 0 Å². The van der Waals surface area contributed by atoms with E-state index in [1.54, 1.807) is 36.1 Å². The van der Waals surface area contributed by atoms with Gasteiger partial charge in [-0.2, -0.15) is 0 Å². The quantitative estimate of drug-likeness (QED) is 0.696. The largest absolute Gasteiger partial charge is 0.481 e. The fourth-order valence-corrected chi connectivity index (χ4v) is 3.48.